The summed E-state index contributed by atoms with van der Waals surface area (Å²) >= 11 is 0. The second kappa shape index (κ2) is 2.47. The molecule has 0 aromatic rings. The molecule has 0 aliphatic carbocycles. The van der Waals surface area contributed by atoms with Crippen LogP contribution in [-0.4, -0.2) is 29.4 Å². The Morgan fingerprint density at radius 3 is 2.77 bits per heavy atom. The minimum Gasteiger partial charge on any atom is -0.335 e. The Hall–Kier alpha value is -0.570. The number of rotatable bonds is 1. The first kappa shape index (κ1) is 9.00. The van der Waals surface area contributed by atoms with Gasteiger partial charge in [-0.3, -0.25) is 4.79 Å². The summed E-state index contributed by atoms with van der Waals surface area (Å²) in [5, 5.41) is 0. The molecule has 2 rings (SSSR count). The Bertz CT molecular complexity index is 249. The third-order valence-corrected chi connectivity index (χ3v) is 3.57. The van der Waals surface area contributed by atoms with Gasteiger partial charge in [0.2, 0.25) is 5.91 Å². The molecule has 2 saturated heterocycles. The standard InChI is InChI=1S/C10H18N2O/c1-9(2)6-10(7-11)4-3-5-12(10)8(9)13/h3-7,11H2,1-2H3. The molecule has 2 aliphatic rings. The number of hydrogen-bond acceptors (Lipinski definition) is 2. The highest BCUT2D eigenvalue weighted by Crippen LogP contribution is 2.47. The summed E-state index contributed by atoms with van der Waals surface area (Å²) < 4.78 is 0. The van der Waals surface area contributed by atoms with Crippen LogP contribution in [-0.2, 0) is 4.79 Å². The zero-order chi connectivity index (χ0) is 9.69. The summed E-state index contributed by atoms with van der Waals surface area (Å²) in [6.07, 6.45) is 3.16. The van der Waals surface area contributed by atoms with Crippen molar-refractivity contribution in [3.8, 4) is 0 Å². The van der Waals surface area contributed by atoms with Gasteiger partial charge in [-0.1, -0.05) is 13.8 Å². The van der Waals surface area contributed by atoms with Crippen LogP contribution in [0, 0.1) is 5.41 Å². The Morgan fingerprint density at radius 1 is 1.54 bits per heavy atom. The predicted molar refractivity (Wildman–Crippen MR) is 51.1 cm³/mol. The maximum Gasteiger partial charge on any atom is 0.228 e. The van der Waals surface area contributed by atoms with E-state index in [4.69, 9.17) is 5.73 Å². The van der Waals surface area contributed by atoms with E-state index in [1.54, 1.807) is 0 Å². The van der Waals surface area contributed by atoms with Crippen molar-refractivity contribution in [2.75, 3.05) is 13.1 Å². The summed E-state index contributed by atoms with van der Waals surface area (Å²) in [5.41, 5.74) is 5.63. The first-order chi connectivity index (χ1) is 6.02. The average molecular weight is 182 g/mol. The van der Waals surface area contributed by atoms with Gasteiger partial charge in [0, 0.05) is 18.5 Å². The number of fused-ring (bicyclic) bond motifs is 1. The van der Waals surface area contributed by atoms with Crippen molar-refractivity contribution in [3.63, 3.8) is 0 Å². The van der Waals surface area contributed by atoms with Gasteiger partial charge in [0.15, 0.2) is 0 Å². The van der Waals surface area contributed by atoms with E-state index in [1.165, 1.54) is 0 Å². The number of hydrogen-bond donors (Lipinski definition) is 1. The van der Waals surface area contributed by atoms with E-state index in [1.807, 2.05) is 18.7 Å². The molecule has 2 aliphatic heterocycles. The van der Waals surface area contributed by atoms with Crippen LogP contribution in [0.5, 0.6) is 0 Å². The molecule has 13 heavy (non-hydrogen) atoms. The van der Waals surface area contributed by atoms with Crippen LogP contribution in [0.2, 0.25) is 0 Å². The van der Waals surface area contributed by atoms with E-state index in [2.05, 4.69) is 0 Å². The van der Waals surface area contributed by atoms with Crippen LogP contribution in [0.1, 0.15) is 33.1 Å². The zero-order valence-electron chi connectivity index (χ0n) is 8.47. The molecule has 0 aromatic carbocycles. The van der Waals surface area contributed by atoms with E-state index in [0.29, 0.717) is 12.5 Å². The average Bonchev–Trinajstić information content (AvgIpc) is 2.53. The summed E-state index contributed by atoms with van der Waals surface area (Å²) in [5.74, 6) is 0.301. The molecular formula is C10H18N2O. The SMILES string of the molecule is CC1(C)CC2(CN)CCCN2C1=O. The number of nitrogens with zero attached hydrogens (tertiary/aromatic N) is 1. The quantitative estimate of drug-likeness (QED) is 0.650. The number of nitrogens with two attached hydrogens (primary N) is 1. The van der Waals surface area contributed by atoms with Gasteiger partial charge in [-0.15, -0.1) is 0 Å². The van der Waals surface area contributed by atoms with Crippen molar-refractivity contribution in [1.82, 2.24) is 4.90 Å². The van der Waals surface area contributed by atoms with Crippen molar-refractivity contribution in [2.24, 2.45) is 11.1 Å². The van der Waals surface area contributed by atoms with E-state index in [0.717, 1.165) is 25.8 Å². The molecule has 1 unspecified atom stereocenters. The molecule has 0 aromatic heterocycles. The van der Waals surface area contributed by atoms with Gasteiger partial charge < -0.3 is 10.6 Å². The highest BCUT2D eigenvalue weighted by Gasteiger charge is 2.55. The van der Waals surface area contributed by atoms with Crippen LogP contribution >= 0.6 is 0 Å². The van der Waals surface area contributed by atoms with Crippen molar-refractivity contribution in [3.05, 3.63) is 0 Å². The lowest BCUT2D eigenvalue weighted by atomic mass is 9.82. The minimum absolute atomic E-state index is 0.0145. The van der Waals surface area contributed by atoms with Crippen LogP contribution < -0.4 is 5.73 Å². The van der Waals surface area contributed by atoms with Crippen LogP contribution in [0.15, 0.2) is 0 Å². The van der Waals surface area contributed by atoms with Gasteiger partial charge in [-0.25, -0.2) is 0 Å². The van der Waals surface area contributed by atoms with Crippen molar-refractivity contribution < 1.29 is 4.79 Å². The van der Waals surface area contributed by atoms with Crippen LogP contribution in [0.4, 0.5) is 0 Å². The van der Waals surface area contributed by atoms with E-state index >= 15 is 0 Å². The fraction of sp³-hybridized carbons (Fsp3) is 0.900. The Balaban J connectivity index is 2.34. The zero-order valence-corrected chi connectivity index (χ0v) is 8.47. The summed E-state index contributed by atoms with van der Waals surface area (Å²) in [6.45, 7) is 5.61. The molecule has 0 spiro atoms. The normalized spacial score (nSPS) is 36.8. The second-order valence-electron chi connectivity index (χ2n) is 5.05. The van der Waals surface area contributed by atoms with Gasteiger partial charge >= 0.3 is 0 Å². The maximum atomic E-state index is 11.9. The molecule has 1 amide bonds. The van der Waals surface area contributed by atoms with Gasteiger partial charge in [-0.2, -0.15) is 0 Å². The van der Waals surface area contributed by atoms with Gasteiger partial charge in [0.25, 0.3) is 0 Å². The summed E-state index contributed by atoms with van der Waals surface area (Å²) in [6, 6.07) is 0. The molecule has 2 fully saturated rings. The first-order valence-electron chi connectivity index (χ1n) is 5.04. The monoisotopic (exact) mass is 182 g/mol. The fourth-order valence-corrected chi connectivity index (χ4v) is 2.99. The lowest BCUT2D eigenvalue weighted by Crippen LogP contribution is -2.46. The highest BCUT2D eigenvalue weighted by molar-refractivity contribution is 5.86. The summed E-state index contributed by atoms with van der Waals surface area (Å²) in [4.78, 5) is 14.0. The molecular weight excluding hydrogens is 164 g/mol. The molecule has 0 saturated carbocycles. The van der Waals surface area contributed by atoms with Gasteiger partial charge in [0.1, 0.15) is 0 Å². The van der Waals surface area contributed by atoms with Crippen molar-refractivity contribution >= 4 is 5.91 Å². The minimum atomic E-state index is -0.181. The molecule has 1 atom stereocenters. The number of carbonyl (C=O) groups is 1. The Kier molecular flexibility index (Phi) is 1.71. The highest BCUT2D eigenvalue weighted by atomic mass is 16.2. The Labute approximate surface area is 79.3 Å². The lowest BCUT2D eigenvalue weighted by Gasteiger charge is -2.30. The van der Waals surface area contributed by atoms with E-state index in [-0.39, 0.29) is 11.0 Å². The van der Waals surface area contributed by atoms with E-state index < -0.39 is 0 Å². The van der Waals surface area contributed by atoms with E-state index in [9.17, 15) is 4.79 Å². The largest absolute Gasteiger partial charge is 0.335 e. The van der Waals surface area contributed by atoms with Gasteiger partial charge in [-0.05, 0) is 19.3 Å². The number of amides is 1. The maximum absolute atomic E-state index is 11.9. The van der Waals surface area contributed by atoms with Crippen molar-refractivity contribution in [2.45, 2.75) is 38.6 Å². The molecule has 74 valence electrons. The van der Waals surface area contributed by atoms with Crippen molar-refractivity contribution in [1.29, 1.82) is 0 Å². The number of carbonyl (C=O) groups excluding carboxylic acids is 1. The lowest BCUT2D eigenvalue weighted by molar-refractivity contribution is -0.135. The van der Waals surface area contributed by atoms with Crippen LogP contribution in [0.25, 0.3) is 0 Å². The topological polar surface area (TPSA) is 46.3 Å². The molecule has 2 N–H and O–H groups in total. The summed E-state index contributed by atoms with van der Waals surface area (Å²) in [7, 11) is 0. The molecule has 3 nitrogen and oxygen atoms in total. The smallest absolute Gasteiger partial charge is 0.228 e. The van der Waals surface area contributed by atoms with Crippen LogP contribution in [0.3, 0.4) is 0 Å². The fourth-order valence-electron chi connectivity index (χ4n) is 2.99. The third-order valence-electron chi connectivity index (χ3n) is 3.57. The molecule has 3 heteroatoms. The van der Waals surface area contributed by atoms with Gasteiger partial charge in [0.05, 0.1) is 5.54 Å². The molecule has 2 heterocycles. The first-order valence-corrected chi connectivity index (χ1v) is 5.04. The third kappa shape index (κ3) is 1.03. The molecule has 0 bridgehead atoms. The molecule has 0 radical (unpaired) electrons. The Morgan fingerprint density at radius 2 is 2.23 bits per heavy atom. The predicted octanol–water partition coefficient (Wildman–Crippen LogP) is 0.736. The second-order valence-corrected chi connectivity index (χ2v) is 5.05.